The molecule has 2 heterocycles. The van der Waals surface area contributed by atoms with Crippen molar-refractivity contribution in [2.24, 2.45) is 11.8 Å². The number of carbonyl (C=O) groups is 3. The third kappa shape index (κ3) is 4.36. The number of rotatable bonds is 4. The quantitative estimate of drug-likeness (QED) is 0.552. The summed E-state index contributed by atoms with van der Waals surface area (Å²) in [6.07, 6.45) is 1.95. The van der Waals surface area contributed by atoms with E-state index >= 15 is 0 Å². The Kier molecular flexibility index (Phi) is 6.07. The predicted molar refractivity (Wildman–Crippen MR) is 84.9 cm³/mol. The zero-order chi connectivity index (χ0) is 16.1. The molecule has 8 heteroatoms. The normalized spacial score (nSPS) is 31.4. The Morgan fingerprint density at radius 2 is 1.91 bits per heavy atom. The van der Waals surface area contributed by atoms with Crippen LogP contribution in [0.1, 0.15) is 26.2 Å². The number of piperidine rings is 1. The molecular formula is C14H24N4O3S. The summed E-state index contributed by atoms with van der Waals surface area (Å²) in [5, 5.41) is 11.5. The lowest BCUT2D eigenvalue weighted by Gasteiger charge is -2.31. The minimum absolute atomic E-state index is 0.0169. The van der Waals surface area contributed by atoms with Crippen molar-refractivity contribution in [3.63, 3.8) is 0 Å². The monoisotopic (exact) mass is 328 g/mol. The van der Waals surface area contributed by atoms with Gasteiger partial charge in [-0.25, -0.2) is 0 Å². The zero-order valence-corrected chi connectivity index (χ0v) is 13.8. The standard InChI is InChI=1S/C14H24N4O3S/c1-8(19)17-11-7-9(3-5-16-11)12(20)18-14-10(4-6-22-14)13(21)15-2/h9-11,14,16H,3-7H2,1-2H3,(H,15,21)(H,17,19)(H,18,20). The minimum Gasteiger partial charge on any atom is -0.359 e. The molecule has 4 atom stereocenters. The highest BCUT2D eigenvalue weighted by Crippen LogP contribution is 2.31. The molecule has 3 amide bonds. The van der Waals surface area contributed by atoms with E-state index in [4.69, 9.17) is 0 Å². The summed E-state index contributed by atoms with van der Waals surface area (Å²) in [6, 6.07) is 0. The van der Waals surface area contributed by atoms with Crippen LogP contribution in [0.15, 0.2) is 0 Å². The molecule has 2 aliphatic heterocycles. The molecule has 2 fully saturated rings. The second-order valence-corrected chi connectivity index (χ2v) is 6.99. The second kappa shape index (κ2) is 7.82. The van der Waals surface area contributed by atoms with Crippen LogP contribution in [0, 0.1) is 11.8 Å². The van der Waals surface area contributed by atoms with E-state index in [-0.39, 0.29) is 41.1 Å². The van der Waals surface area contributed by atoms with Gasteiger partial charge in [0.25, 0.3) is 0 Å². The molecule has 0 bridgehead atoms. The van der Waals surface area contributed by atoms with Gasteiger partial charge in [0, 0.05) is 19.9 Å². The van der Waals surface area contributed by atoms with Crippen LogP contribution in [0.25, 0.3) is 0 Å². The third-order valence-electron chi connectivity index (χ3n) is 4.11. The first-order chi connectivity index (χ1) is 10.5. The second-order valence-electron chi connectivity index (χ2n) is 5.74. The lowest BCUT2D eigenvalue weighted by molar-refractivity contribution is -0.129. The van der Waals surface area contributed by atoms with Gasteiger partial charge in [0.2, 0.25) is 17.7 Å². The smallest absolute Gasteiger partial charge is 0.225 e. The van der Waals surface area contributed by atoms with E-state index in [1.54, 1.807) is 18.8 Å². The first kappa shape index (κ1) is 17.1. The lowest BCUT2D eigenvalue weighted by atomic mass is 9.94. The molecule has 0 aromatic heterocycles. The van der Waals surface area contributed by atoms with Crippen LogP contribution in [0.4, 0.5) is 0 Å². The summed E-state index contributed by atoms with van der Waals surface area (Å²) in [4.78, 5) is 35.4. The van der Waals surface area contributed by atoms with Crippen LogP contribution in [0.3, 0.4) is 0 Å². The highest BCUT2D eigenvalue weighted by Gasteiger charge is 2.36. The first-order valence-corrected chi connectivity index (χ1v) is 8.70. The van der Waals surface area contributed by atoms with Crippen molar-refractivity contribution < 1.29 is 14.4 Å². The van der Waals surface area contributed by atoms with Gasteiger partial charge >= 0.3 is 0 Å². The van der Waals surface area contributed by atoms with Crippen LogP contribution < -0.4 is 21.3 Å². The minimum atomic E-state index is -0.160. The third-order valence-corrected chi connectivity index (χ3v) is 5.39. The van der Waals surface area contributed by atoms with Crippen molar-refractivity contribution in [1.82, 2.24) is 21.3 Å². The van der Waals surface area contributed by atoms with Gasteiger partial charge in [-0.05, 0) is 31.6 Å². The van der Waals surface area contributed by atoms with E-state index in [0.717, 1.165) is 18.6 Å². The maximum Gasteiger partial charge on any atom is 0.225 e. The van der Waals surface area contributed by atoms with Crippen molar-refractivity contribution in [1.29, 1.82) is 0 Å². The molecule has 22 heavy (non-hydrogen) atoms. The molecule has 4 N–H and O–H groups in total. The van der Waals surface area contributed by atoms with Gasteiger partial charge in [0.1, 0.15) is 0 Å². The summed E-state index contributed by atoms with van der Waals surface area (Å²) < 4.78 is 0. The number of thioether (sulfide) groups is 1. The Balaban J connectivity index is 1.88. The number of nitrogens with one attached hydrogen (secondary N) is 4. The van der Waals surface area contributed by atoms with Crippen molar-refractivity contribution in [3.8, 4) is 0 Å². The fourth-order valence-corrected chi connectivity index (χ4v) is 4.29. The number of carbonyl (C=O) groups excluding carboxylic acids is 3. The molecule has 124 valence electrons. The van der Waals surface area contributed by atoms with Gasteiger partial charge in [-0.3, -0.25) is 19.7 Å². The number of amides is 3. The summed E-state index contributed by atoms with van der Waals surface area (Å²) in [5.74, 6) is 0.437. The Hall–Kier alpha value is -1.28. The van der Waals surface area contributed by atoms with Crippen LogP contribution in [0.2, 0.25) is 0 Å². The molecule has 2 aliphatic rings. The SMILES string of the molecule is CNC(=O)C1CCSC1NC(=O)C1CCNC(NC(C)=O)C1. The molecule has 2 saturated heterocycles. The van der Waals surface area contributed by atoms with Crippen LogP contribution in [-0.2, 0) is 14.4 Å². The van der Waals surface area contributed by atoms with E-state index in [1.807, 2.05) is 0 Å². The van der Waals surface area contributed by atoms with E-state index in [2.05, 4.69) is 21.3 Å². The fourth-order valence-electron chi connectivity index (χ4n) is 2.95. The average molecular weight is 328 g/mol. The summed E-state index contributed by atoms with van der Waals surface area (Å²) in [5.41, 5.74) is 0. The molecule has 0 radical (unpaired) electrons. The largest absolute Gasteiger partial charge is 0.359 e. The Morgan fingerprint density at radius 1 is 1.14 bits per heavy atom. The zero-order valence-electron chi connectivity index (χ0n) is 13.0. The maximum atomic E-state index is 12.4. The van der Waals surface area contributed by atoms with Gasteiger partial charge < -0.3 is 16.0 Å². The molecule has 2 rings (SSSR count). The van der Waals surface area contributed by atoms with E-state index in [1.165, 1.54) is 6.92 Å². The molecule has 4 unspecified atom stereocenters. The lowest BCUT2D eigenvalue weighted by Crippen LogP contribution is -2.53. The summed E-state index contributed by atoms with van der Waals surface area (Å²) >= 11 is 1.62. The van der Waals surface area contributed by atoms with E-state index in [9.17, 15) is 14.4 Å². The van der Waals surface area contributed by atoms with Gasteiger partial charge in [0.05, 0.1) is 17.5 Å². The number of hydrogen-bond donors (Lipinski definition) is 4. The van der Waals surface area contributed by atoms with E-state index < -0.39 is 0 Å². The fraction of sp³-hybridized carbons (Fsp3) is 0.786. The van der Waals surface area contributed by atoms with Gasteiger partial charge in [-0.15, -0.1) is 11.8 Å². The molecular weight excluding hydrogens is 304 g/mol. The van der Waals surface area contributed by atoms with Gasteiger partial charge in [-0.1, -0.05) is 0 Å². The van der Waals surface area contributed by atoms with Crippen molar-refractivity contribution in [2.45, 2.75) is 37.7 Å². The average Bonchev–Trinajstić information content (AvgIpc) is 2.94. The Labute approximate surface area is 134 Å². The number of hydrogen-bond acceptors (Lipinski definition) is 5. The molecule has 0 saturated carbocycles. The van der Waals surface area contributed by atoms with Gasteiger partial charge in [0.15, 0.2) is 0 Å². The summed E-state index contributed by atoms with van der Waals surface area (Å²) in [7, 11) is 1.62. The predicted octanol–water partition coefficient (Wildman–Crippen LogP) is -0.610. The van der Waals surface area contributed by atoms with E-state index in [0.29, 0.717) is 13.0 Å². The maximum absolute atomic E-state index is 12.4. The molecule has 0 aliphatic carbocycles. The molecule has 0 aromatic carbocycles. The highest BCUT2D eigenvalue weighted by molar-refractivity contribution is 8.00. The summed E-state index contributed by atoms with van der Waals surface area (Å²) in [6.45, 7) is 2.16. The van der Waals surface area contributed by atoms with Crippen molar-refractivity contribution >= 4 is 29.5 Å². The van der Waals surface area contributed by atoms with Crippen LogP contribution in [0.5, 0.6) is 0 Å². The van der Waals surface area contributed by atoms with Crippen LogP contribution in [-0.4, -0.2) is 48.6 Å². The highest BCUT2D eigenvalue weighted by atomic mass is 32.2. The first-order valence-electron chi connectivity index (χ1n) is 7.65. The van der Waals surface area contributed by atoms with Crippen molar-refractivity contribution in [3.05, 3.63) is 0 Å². The molecule has 0 aromatic rings. The van der Waals surface area contributed by atoms with Crippen molar-refractivity contribution in [2.75, 3.05) is 19.3 Å². The Morgan fingerprint density at radius 3 is 2.59 bits per heavy atom. The Bertz CT molecular complexity index is 446. The van der Waals surface area contributed by atoms with Gasteiger partial charge in [-0.2, -0.15) is 0 Å². The molecule has 7 nitrogen and oxygen atoms in total. The van der Waals surface area contributed by atoms with Crippen LogP contribution >= 0.6 is 11.8 Å². The topological polar surface area (TPSA) is 99.3 Å². The molecule has 0 spiro atoms.